The van der Waals surface area contributed by atoms with Gasteiger partial charge in [-0.25, -0.2) is 4.98 Å². The zero-order valence-electron chi connectivity index (χ0n) is 16.4. The molecule has 144 valence electrons. The van der Waals surface area contributed by atoms with Crippen LogP contribution in [0.5, 0.6) is 0 Å². The fourth-order valence-electron chi connectivity index (χ4n) is 3.55. The second kappa shape index (κ2) is 9.40. The van der Waals surface area contributed by atoms with Gasteiger partial charge in [-0.3, -0.25) is 4.79 Å². The topological polar surface area (TPSA) is 48.5 Å². The van der Waals surface area contributed by atoms with E-state index in [1.165, 1.54) is 18.5 Å². The zero-order valence-corrected chi connectivity index (χ0v) is 16.4. The van der Waals surface area contributed by atoms with E-state index in [0.717, 1.165) is 50.5 Å². The van der Waals surface area contributed by atoms with Crippen molar-refractivity contribution >= 4 is 23.1 Å². The number of pyridine rings is 1. The molecule has 0 unspecified atom stereocenters. The molecule has 3 rings (SSSR count). The summed E-state index contributed by atoms with van der Waals surface area (Å²) in [6, 6.07) is 11.8. The van der Waals surface area contributed by atoms with Crippen molar-refractivity contribution in [2.24, 2.45) is 0 Å². The van der Waals surface area contributed by atoms with Gasteiger partial charge in [0.2, 0.25) is 0 Å². The van der Waals surface area contributed by atoms with Crippen LogP contribution in [0.3, 0.4) is 0 Å². The number of hydrogen-bond donors (Lipinski definition) is 1. The molecule has 27 heavy (non-hydrogen) atoms. The molecule has 0 aliphatic carbocycles. The van der Waals surface area contributed by atoms with E-state index in [1.807, 2.05) is 18.2 Å². The molecule has 1 aromatic carbocycles. The Morgan fingerprint density at radius 1 is 1.07 bits per heavy atom. The molecule has 0 spiro atoms. The largest absolute Gasteiger partial charge is 0.372 e. The average Bonchev–Trinajstić information content (AvgIpc) is 3.23. The third-order valence-electron chi connectivity index (χ3n) is 4.92. The van der Waals surface area contributed by atoms with Crippen LogP contribution in [0.15, 0.2) is 42.6 Å². The predicted molar refractivity (Wildman–Crippen MR) is 113 cm³/mol. The normalized spacial score (nSPS) is 13.6. The van der Waals surface area contributed by atoms with Crippen LogP contribution in [0, 0.1) is 0 Å². The standard InChI is InChI=1S/C22H30N4O/c1-3-13-26(14-4-2)21-17-18(11-12-23-21)22(27)24-19-7-9-20(10-8-19)25-15-5-6-16-25/h7-12,17H,3-6,13-16H2,1-2H3,(H,24,27). The molecule has 2 aromatic rings. The van der Waals surface area contributed by atoms with E-state index in [4.69, 9.17) is 0 Å². The number of anilines is 3. The van der Waals surface area contributed by atoms with Gasteiger partial charge in [-0.2, -0.15) is 0 Å². The van der Waals surface area contributed by atoms with E-state index in [1.54, 1.807) is 12.3 Å². The van der Waals surface area contributed by atoms with Crippen molar-refractivity contribution in [1.82, 2.24) is 4.98 Å². The highest BCUT2D eigenvalue weighted by Gasteiger charge is 2.13. The first-order valence-corrected chi connectivity index (χ1v) is 10.1. The second-order valence-corrected chi connectivity index (χ2v) is 7.08. The highest BCUT2D eigenvalue weighted by molar-refractivity contribution is 6.04. The van der Waals surface area contributed by atoms with Crippen LogP contribution in [0.1, 0.15) is 49.9 Å². The summed E-state index contributed by atoms with van der Waals surface area (Å²) < 4.78 is 0. The molecule has 2 heterocycles. The minimum atomic E-state index is -0.0967. The maximum absolute atomic E-state index is 12.7. The molecular weight excluding hydrogens is 336 g/mol. The number of aromatic nitrogens is 1. The van der Waals surface area contributed by atoms with Crippen molar-refractivity contribution in [2.45, 2.75) is 39.5 Å². The Balaban J connectivity index is 1.67. The van der Waals surface area contributed by atoms with Crippen LogP contribution in [-0.2, 0) is 0 Å². The van der Waals surface area contributed by atoms with Gasteiger partial charge in [0.15, 0.2) is 0 Å². The summed E-state index contributed by atoms with van der Waals surface area (Å²) in [5.74, 6) is 0.774. The van der Waals surface area contributed by atoms with Crippen LogP contribution in [-0.4, -0.2) is 37.1 Å². The molecule has 1 N–H and O–H groups in total. The molecule has 0 saturated carbocycles. The summed E-state index contributed by atoms with van der Waals surface area (Å²) in [7, 11) is 0. The Labute approximate surface area is 162 Å². The van der Waals surface area contributed by atoms with Crippen LogP contribution in [0.4, 0.5) is 17.2 Å². The highest BCUT2D eigenvalue weighted by atomic mass is 16.1. The van der Waals surface area contributed by atoms with E-state index in [9.17, 15) is 4.79 Å². The van der Waals surface area contributed by atoms with E-state index >= 15 is 0 Å². The lowest BCUT2D eigenvalue weighted by Gasteiger charge is -2.22. The van der Waals surface area contributed by atoms with Gasteiger partial charge < -0.3 is 15.1 Å². The fraction of sp³-hybridized carbons (Fsp3) is 0.455. The maximum Gasteiger partial charge on any atom is 0.255 e. The van der Waals surface area contributed by atoms with Crippen LogP contribution in [0.25, 0.3) is 0 Å². The predicted octanol–water partition coefficient (Wildman–Crippen LogP) is 4.56. The molecule has 5 heteroatoms. The molecule has 1 fully saturated rings. The van der Waals surface area contributed by atoms with Crippen molar-refractivity contribution < 1.29 is 4.79 Å². The third-order valence-corrected chi connectivity index (χ3v) is 4.92. The quantitative estimate of drug-likeness (QED) is 0.744. The van der Waals surface area contributed by atoms with E-state index in [0.29, 0.717) is 5.56 Å². The molecule has 1 amide bonds. The lowest BCUT2D eigenvalue weighted by molar-refractivity contribution is 0.102. The Morgan fingerprint density at radius 3 is 2.37 bits per heavy atom. The number of nitrogens with one attached hydrogen (secondary N) is 1. The molecule has 0 atom stereocenters. The first-order chi connectivity index (χ1) is 13.2. The molecule has 0 radical (unpaired) electrons. The lowest BCUT2D eigenvalue weighted by Crippen LogP contribution is -2.26. The SMILES string of the molecule is CCCN(CCC)c1cc(C(=O)Nc2ccc(N3CCCC3)cc2)ccn1. The number of carbonyl (C=O) groups excluding carboxylic acids is 1. The van der Waals surface area contributed by atoms with E-state index in [2.05, 4.69) is 46.1 Å². The van der Waals surface area contributed by atoms with Crippen molar-refractivity contribution in [3.05, 3.63) is 48.2 Å². The number of carbonyl (C=O) groups is 1. The Kier molecular flexibility index (Phi) is 6.69. The first kappa shape index (κ1) is 19.2. The van der Waals surface area contributed by atoms with E-state index in [-0.39, 0.29) is 5.91 Å². The number of amides is 1. The number of rotatable bonds is 8. The number of nitrogens with zero attached hydrogens (tertiary/aromatic N) is 3. The molecule has 1 aliphatic heterocycles. The fourth-order valence-corrected chi connectivity index (χ4v) is 3.55. The van der Waals surface area contributed by atoms with Crippen molar-refractivity contribution in [2.75, 3.05) is 41.3 Å². The number of benzene rings is 1. The van der Waals surface area contributed by atoms with Crippen LogP contribution in [0.2, 0.25) is 0 Å². The van der Waals surface area contributed by atoms with Crippen LogP contribution < -0.4 is 15.1 Å². The smallest absolute Gasteiger partial charge is 0.255 e. The highest BCUT2D eigenvalue weighted by Crippen LogP contribution is 2.22. The molecule has 0 bridgehead atoms. The Morgan fingerprint density at radius 2 is 1.74 bits per heavy atom. The molecule has 1 aliphatic rings. The van der Waals surface area contributed by atoms with Gasteiger partial charge in [0.25, 0.3) is 5.91 Å². The van der Waals surface area contributed by atoms with Gasteiger partial charge in [0.1, 0.15) is 5.82 Å². The lowest BCUT2D eigenvalue weighted by atomic mass is 10.2. The van der Waals surface area contributed by atoms with Crippen molar-refractivity contribution in [1.29, 1.82) is 0 Å². The van der Waals surface area contributed by atoms with Gasteiger partial charge in [-0.05, 0) is 62.1 Å². The molecule has 1 aromatic heterocycles. The van der Waals surface area contributed by atoms with Crippen molar-refractivity contribution in [3.8, 4) is 0 Å². The van der Waals surface area contributed by atoms with E-state index < -0.39 is 0 Å². The number of hydrogen-bond acceptors (Lipinski definition) is 4. The zero-order chi connectivity index (χ0) is 19.1. The second-order valence-electron chi connectivity index (χ2n) is 7.08. The van der Waals surface area contributed by atoms with Gasteiger partial charge in [-0.1, -0.05) is 13.8 Å². The van der Waals surface area contributed by atoms with Gasteiger partial charge in [-0.15, -0.1) is 0 Å². The van der Waals surface area contributed by atoms with Gasteiger partial charge in [0, 0.05) is 49.3 Å². The summed E-state index contributed by atoms with van der Waals surface area (Å²) in [6.45, 7) is 8.46. The monoisotopic (exact) mass is 366 g/mol. The summed E-state index contributed by atoms with van der Waals surface area (Å²) in [4.78, 5) is 21.8. The minimum Gasteiger partial charge on any atom is -0.372 e. The summed E-state index contributed by atoms with van der Waals surface area (Å²) in [6.07, 6.45) is 6.36. The first-order valence-electron chi connectivity index (χ1n) is 10.1. The summed E-state index contributed by atoms with van der Waals surface area (Å²) >= 11 is 0. The summed E-state index contributed by atoms with van der Waals surface area (Å²) in [5.41, 5.74) is 2.69. The Bertz CT molecular complexity index is 732. The van der Waals surface area contributed by atoms with Gasteiger partial charge >= 0.3 is 0 Å². The maximum atomic E-state index is 12.7. The third kappa shape index (κ3) is 5.00. The summed E-state index contributed by atoms with van der Waals surface area (Å²) in [5, 5.41) is 3.00. The molecule has 5 nitrogen and oxygen atoms in total. The van der Waals surface area contributed by atoms with Gasteiger partial charge in [0.05, 0.1) is 0 Å². The average molecular weight is 367 g/mol. The molecular formula is C22H30N4O. The van der Waals surface area contributed by atoms with Crippen molar-refractivity contribution in [3.63, 3.8) is 0 Å². The Hall–Kier alpha value is -2.56. The molecule has 1 saturated heterocycles. The minimum absolute atomic E-state index is 0.0967. The van der Waals surface area contributed by atoms with Crippen LogP contribution >= 0.6 is 0 Å².